The number of nitrogens with zero attached hydrogens (tertiary/aromatic N) is 2. The molecule has 2 rings (SSSR count). The third-order valence-corrected chi connectivity index (χ3v) is 4.36. The number of hydrogen-bond donors (Lipinski definition) is 1. The lowest BCUT2D eigenvalue weighted by atomic mass is 10.1. The summed E-state index contributed by atoms with van der Waals surface area (Å²) in [5.74, 6) is -0.0652. The smallest absolute Gasteiger partial charge is 0.241 e. The summed E-state index contributed by atoms with van der Waals surface area (Å²) >= 11 is 0. The topological polar surface area (TPSA) is 52.7 Å². The van der Waals surface area contributed by atoms with Gasteiger partial charge in [-0.25, -0.2) is 0 Å². The molecule has 0 aliphatic rings. The van der Waals surface area contributed by atoms with E-state index in [4.69, 9.17) is 0 Å². The van der Waals surface area contributed by atoms with Gasteiger partial charge in [0.2, 0.25) is 11.8 Å². The van der Waals surface area contributed by atoms with E-state index in [9.17, 15) is 9.59 Å². The minimum absolute atomic E-state index is 0.000684. The zero-order valence-corrected chi connectivity index (χ0v) is 17.1. The standard InChI is InChI=1S/C22H31N3O2/c1-6-24(15-20(26)23-22(3,4)5)16-21(27)25(7-2)19-14-10-12-17-11-8-9-13-18(17)19/h8-14H,6-7,15-16H2,1-5H3,(H,23,26). The predicted molar refractivity (Wildman–Crippen MR) is 112 cm³/mol. The highest BCUT2D eigenvalue weighted by atomic mass is 16.2. The number of amides is 2. The number of rotatable bonds is 7. The Hall–Kier alpha value is -2.40. The molecule has 0 aliphatic heterocycles. The molecule has 0 spiro atoms. The van der Waals surface area contributed by atoms with E-state index in [-0.39, 0.29) is 30.4 Å². The average molecular weight is 370 g/mol. The van der Waals surface area contributed by atoms with Crippen LogP contribution in [0, 0.1) is 0 Å². The van der Waals surface area contributed by atoms with Crippen molar-refractivity contribution in [1.29, 1.82) is 0 Å². The maximum absolute atomic E-state index is 13.0. The predicted octanol–water partition coefficient (Wildman–Crippen LogP) is 3.43. The second-order valence-electron chi connectivity index (χ2n) is 7.74. The fourth-order valence-electron chi connectivity index (χ4n) is 3.14. The lowest BCUT2D eigenvalue weighted by Gasteiger charge is -2.28. The van der Waals surface area contributed by atoms with Crippen molar-refractivity contribution in [1.82, 2.24) is 10.2 Å². The van der Waals surface area contributed by atoms with Crippen LogP contribution in [0.5, 0.6) is 0 Å². The first-order valence-corrected chi connectivity index (χ1v) is 9.56. The van der Waals surface area contributed by atoms with Crippen molar-refractivity contribution in [3.05, 3.63) is 42.5 Å². The van der Waals surface area contributed by atoms with E-state index < -0.39 is 0 Å². The molecule has 1 N–H and O–H groups in total. The summed E-state index contributed by atoms with van der Waals surface area (Å²) in [6.07, 6.45) is 0. The molecule has 0 unspecified atom stereocenters. The van der Waals surface area contributed by atoms with E-state index in [1.807, 2.05) is 82.0 Å². The first kappa shape index (κ1) is 20.9. The van der Waals surface area contributed by atoms with Crippen molar-refractivity contribution in [2.45, 2.75) is 40.2 Å². The van der Waals surface area contributed by atoms with Gasteiger partial charge in [-0.15, -0.1) is 0 Å². The van der Waals surface area contributed by atoms with Crippen LogP contribution in [0.4, 0.5) is 5.69 Å². The Bertz CT molecular complexity index is 790. The fourth-order valence-corrected chi connectivity index (χ4v) is 3.14. The van der Waals surface area contributed by atoms with E-state index in [1.165, 1.54) is 0 Å². The van der Waals surface area contributed by atoms with E-state index in [2.05, 4.69) is 5.32 Å². The summed E-state index contributed by atoms with van der Waals surface area (Å²) in [4.78, 5) is 28.9. The van der Waals surface area contributed by atoms with Gasteiger partial charge in [0.05, 0.1) is 18.8 Å². The number of likely N-dealkylation sites (N-methyl/N-ethyl adjacent to an activating group) is 2. The number of carbonyl (C=O) groups is 2. The molecule has 0 atom stereocenters. The lowest BCUT2D eigenvalue weighted by molar-refractivity contribution is -0.125. The molecule has 0 fully saturated rings. The summed E-state index contributed by atoms with van der Waals surface area (Å²) in [6, 6.07) is 14.1. The number of anilines is 1. The highest BCUT2D eigenvalue weighted by molar-refractivity contribution is 6.04. The zero-order chi connectivity index (χ0) is 20.0. The molecule has 0 heterocycles. The highest BCUT2D eigenvalue weighted by Gasteiger charge is 2.21. The van der Waals surface area contributed by atoms with Gasteiger partial charge in [0, 0.05) is 17.5 Å². The second kappa shape index (κ2) is 9.00. The molecule has 0 aliphatic carbocycles. The van der Waals surface area contributed by atoms with Crippen molar-refractivity contribution < 1.29 is 9.59 Å². The summed E-state index contributed by atoms with van der Waals surface area (Å²) in [5.41, 5.74) is 0.634. The number of carbonyl (C=O) groups excluding carboxylic acids is 2. The molecule has 2 amide bonds. The zero-order valence-electron chi connectivity index (χ0n) is 17.1. The van der Waals surface area contributed by atoms with Crippen LogP contribution < -0.4 is 10.2 Å². The SMILES string of the molecule is CCN(CC(=O)NC(C)(C)C)CC(=O)N(CC)c1cccc2ccccc12. The summed E-state index contributed by atoms with van der Waals surface area (Å²) in [5, 5.41) is 5.12. The van der Waals surface area contributed by atoms with Gasteiger partial charge in [-0.3, -0.25) is 14.5 Å². The number of hydrogen-bond acceptors (Lipinski definition) is 3. The quantitative estimate of drug-likeness (QED) is 0.813. The van der Waals surface area contributed by atoms with E-state index in [0.717, 1.165) is 16.5 Å². The Morgan fingerprint density at radius 1 is 0.926 bits per heavy atom. The van der Waals surface area contributed by atoms with Crippen LogP contribution in [0.2, 0.25) is 0 Å². The fraction of sp³-hybridized carbons (Fsp3) is 0.455. The molecular weight excluding hydrogens is 338 g/mol. The Morgan fingerprint density at radius 3 is 2.22 bits per heavy atom. The normalized spacial score (nSPS) is 11.6. The number of benzene rings is 2. The van der Waals surface area contributed by atoms with Gasteiger partial charge in [-0.2, -0.15) is 0 Å². The average Bonchev–Trinajstić information content (AvgIpc) is 2.60. The largest absolute Gasteiger partial charge is 0.350 e. The molecule has 0 saturated heterocycles. The van der Waals surface area contributed by atoms with Crippen LogP contribution in [0.3, 0.4) is 0 Å². The molecule has 146 valence electrons. The molecule has 0 radical (unpaired) electrons. The summed E-state index contributed by atoms with van der Waals surface area (Å²) in [6.45, 7) is 11.4. The van der Waals surface area contributed by atoms with Gasteiger partial charge in [0.1, 0.15) is 0 Å². The van der Waals surface area contributed by atoms with Gasteiger partial charge in [0.25, 0.3) is 0 Å². The number of nitrogens with one attached hydrogen (secondary N) is 1. The first-order valence-electron chi connectivity index (χ1n) is 9.56. The third kappa shape index (κ3) is 5.79. The third-order valence-electron chi connectivity index (χ3n) is 4.36. The Morgan fingerprint density at radius 2 is 1.59 bits per heavy atom. The molecule has 27 heavy (non-hydrogen) atoms. The number of fused-ring (bicyclic) bond motifs is 1. The highest BCUT2D eigenvalue weighted by Crippen LogP contribution is 2.26. The lowest BCUT2D eigenvalue weighted by Crippen LogP contribution is -2.48. The molecule has 0 bridgehead atoms. The van der Waals surface area contributed by atoms with Gasteiger partial charge < -0.3 is 10.2 Å². The van der Waals surface area contributed by atoms with Crippen molar-refractivity contribution >= 4 is 28.3 Å². The van der Waals surface area contributed by atoms with Crippen molar-refractivity contribution in [3.63, 3.8) is 0 Å². The minimum atomic E-state index is -0.279. The molecule has 0 aromatic heterocycles. The molecule has 5 nitrogen and oxygen atoms in total. The van der Waals surface area contributed by atoms with Crippen LogP contribution >= 0.6 is 0 Å². The van der Waals surface area contributed by atoms with Gasteiger partial charge in [-0.05, 0) is 45.7 Å². The molecular formula is C22H31N3O2. The Kier molecular flexibility index (Phi) is 6.97. The van der Waals surface area contributed by atoms with Crippen molar-refractivity contribution in [3.8, 4) is 0 Å². The van der Waals surface area contributed by atoms with E-state index in [0.29, 0.717) is 13.1 Å². The Labute approximate surface area is 162 Å². The van der Waals surface area contributed by atoms with Crippen LogP contribution in [-0.2, 0) is 9.59 Å². The van der Waals surface area contributed by atoms with Crippen molar-refractivity contribution in [2.24, 2.45) is 0 Å². The minimum Gasteiger partial charge on any atom is -0.350 e. The van der Waals surface area contributed by atoms with Crippen LogP contribution in [0.25, 0.3) is 10.8 Å². The van der Waals surface area contributed by atoms with Crippen LogP contribution in [0.1, 0.15) is 34.6 Å². The van der Waals surface area contributed by atoms with Gasteiger partial charge in [-0.1, -0.05) is 43.3 Å². The molecule has 5 heteroatoms. The first-order chi connectivity index (χ1) is 12.7. The second-order valence-corrected chi connectivity index (χ2v) is 7.74. The van der Waals surface area contributed by atoms with Crippen molar-refractivity contribution in [2.75, 3.05) is 31.1 Å². The maximum Gasteiger partial charge on any atom is 0.241 e. The van der Waals surface area contributed by atoms with E-state index in [1.54, 1.807) is 4.90 Å². The van der Waals surface area contributed by atoms with Gasteiger partial charge >= 0.3 is 0 Å². The van der Waals surface area contributed by atoms with Crippen LogP contribution in [0.15, 0.2) is 42.5 Å². The summed E-state index contributed by atoms with van der Waals surface area (Å²) in [7, 11) is 0. The van der Waals surface area contributed by atoms with E-state index >= 15 is 0 Å². The molecule has 0 saturated carbocycles. The monoisotopic (exact) mass is 369 g/mol. The maximum atomic E-state index is 13.0. The molecule has 2 aromatic carbocycles. The van der Waals surface area contributed by atoms with Gasteiger partial charge in [0.15, 0.2) is 0 Å². The Balaban J connectivity index is 2.14. The summed E-state index contributed by atoms with van der Waals surface area (Å²) < 4.78 is 0. The molecule has 2 aromatic rings. The van der Waals surface area contributed by atoms with Crippen LogP contribution in [-0.4, -0.2) is 48.4 Å².